The van der Waals surface area contributed by atoms with Crippen molar-refractivity contribution in [1.82, 2.24) is 10.6 Å². The molecule has 1 rings (SSSR count). The van der Waals surface area contributed by atoms with Gasteiger partial charge in [0.25, 0.3) is 0 Å². The highest BCUT2D eigenvalue weighted by Gasteiger charge is 2.16. The van der Waals surface area contributed by atoms with Gasteiger partial charge in [0.15, 0.2) is 4.91 Å². The zero-order valence-corrected chi connectivity index (χ0v) is 9.72. The maximum absolute atomic E-state index is 10.7. The predicted molar refractivity (Wildman–Crippen MR) is 59.3 cm³/mol. The number of nitrogens with one attached hydrogen (secondary N) is 2. The van der Waals surface area contributed by atoms with Crippen molar-refractivity contribution < 1.29 is 17.8 Å². The lowest BCUT2D eigenvalue weighted by Gasteiger charge is -2.23. The highest BCUT2D eigenvalue weighted by atomic mass is 32.2. The molecule has 92 valence electrons. The van der Waals surface area contributed by atoms with E-state index in [0.717, 1.165) is 25.9 Å². The summed E-state index contributed by atoms with van der Waals surface area (Å²) in [6.07, 6.45) is 1.93. The molecule has 0 unspecified atom stereocenters. The van der Waals surface area contributed by atoms with E-state index < -0.39 is 15.0 Å². The van der Waals surface area contributed by atoms with Crippen LogP contribution in [0.3, 0.4) is 0 Å². The van der Waals surface area contributed by atoms with Gasteiger partial charge in [-0.25, -0.2) is 4.79 Å². The Bertz CT molecular complexity index is 367. The summed E-state index contributed by atoms with van der Waals surface area (Å²) in [7, 11) is -4.38. The van der Waals surface area contributed by atoms with Gasteiger partial charge in [0, 0.05) is 19.0 Å². The van der Waals surface area contributed by atoms with Gasteiger partial charge in [0.05, 0.1) is 0 Å². The normalized spacial score (nSPS) is 18.1. The van der Waals surface area contributed by atoms with E-state index in [1.54, 1.807) is 0 Å². The maximum Gasteiger partial charge on any atom is 0.301 e. The van der Waals surface area contributed by atoms with Crippen LogP contribution >= 0.6 is 0 Å². The van der Waals surface area contributed by atoms with Crippen LogP contribution < -0.4 is 10.6 Å². The van der Waals surface area contributed by atoms with Crippen molar-refractivity contribution in [3.8, 4) is 0 Å². The molecule has 0 aromatic heterocycles. The van der Waals surface area contributed by atoms with Crippen molar-refractivity contribution in [2.24, 2.45) is 0 Å². The van der Waals surface area contributed by atoms with Gasteiger partial charge >= 0.3 is 10.1 Å². The Morgan fingerprint density at radius 3 is 2.56 bits per heavy atom. The van der Waals surface area contributed by atoms with Crippen LogP contribution in [0.1, 0.15) is 19.3 Å². The molecule has 0 saturated carbocycles. The van der Waals surface area contributed by atoms with E-state index in [2.05, 4.69) is 10.6 Å². The van der Waals surface area contributed by atoms with Crippen LogP contribution in [0.25, 0.3) is 0 Å². The molecule has 0 atom stereocenters. The second-order valence-electron chi connectivity index (χ2n) is 3.73. The van der Waals surface area contributed by atoms with E-state index in [1.165, 1.54) is 5.94 Å². The van der Waals surface area contributed by atoms with Gasteiger partial charge in [-0.2, -0.15) is 8.42 Å². The predicted octanol–water partition coefficient (Wildman–Crippen LogP) is -0.679. The van der Waals surface area contributed by atoms with Crippen molar-refractivity contribution in [3.05, 3.63) is 4.91 Å². The number of carbonyl (C=O) groups excluding carboxylic acids is 1. The molecule has 0 spiro atoms. The Hall–Kier alpha value is -0.720. The van der Waals surface area contributed by atoms with E-state index in [-0.39, 0.29) is 6.42 Å². The summed E-state index contributed by atoms with van der Waals surface area (Å²) in [5.41, 5.74) is 0. The molecular formula is C9H16N2O4S. The van der Waals surface area contributed by atoms with E-state index in [4.69, 9.17) is 4.55 Å². The minimum absolute atomic E-state index is 0.0216. The van der Waals surface area contributed by atoms with Crippen molar-refractivity contribution in [2.45, 2.75) is 25.3 Å². The van der Waals surface area contributed by atoms with E-state index in [1.807, 2.05) is 0 Å². The molecule has 0 amide bonds. The lowest BCUT2D eigenvalue weighted by molar-refractivity contribution is 0.389. The van der Waals surface area contributed by atoms with Crippen LogP contribution in [0.2, 0.25) is 0 Å². The quantitative estimate of drug-likeness (QED) is 0.441. The third-order valence-electron chi connectivity index (χ3n) is 2.55. The molecule has 0 bridgehead atoms. The molecule has 0 aliphatic carbocycles. The van der Waals surface area contributed by atoms with E-state index in [9.17, 15) is 13.2 Å². The van der Waals surface area contributed by atoms with Gasteiger partial charge in [-0.3, -0.25) is 4.55 Å². The van der Waals surface area contributed by atoms with Gasteiger partial charge < -0.3 is 10.6 Å². The Kier molecular flexibility index (Phi) is 5.11. The number of rotatable bonds is 5. The zero-order chi connectivity index (χ0) is 12.0. The van der Waals surface area contributed by atoms with Crippen LogP contribution in [-0.2, 0) is 14.9 Å². The van der Waals surface area contributed by atoms with Crippen molar-refractivity contribution in [2.75, 3.05) is 19.6 Å². The minimum atomic E-state index is -4.38. The van der Waals surface area contributed by atoms with Crippen LogP contribution in [-0.4, -0.2) is 44.6 Å². The Balaban J connectivity index is 2.31. The molecule has 16 heavy (non-hydrogen) atoms. The number of piperidine rings is 1. The fourth-order valence-electron chi connectivity index (χ4n) is 1.65. The van der Waals surface area contributed by atoms with Gasteiger partial charge in [-0.15, -0.1) is 0 Å². The summed E-state index contributed by atoms with van der Waals surface area (Å²) in [5.74, 6) is 1.26. The number of hydrogen-bond donors (Lipinski definition) is 3. The largest absolute Gasteiger partial charge is 0.317 e. The van der Waals surface area contributed by atoms with Crippen LogP contribution in [0.15, 0.2) is 4.91 Å². The molecule has 7 heteroatoms. The minimum Gasteiger partial charge on any atom is -0.317 e. The Morgan fingerprint density at radius 2 is 2.06 bits per heavy atom. The molecule has 3 N–H and O–H groups in total. The Labute approximate surface area is 94.9 Å². The molecule has 1 saturated heterocycles. The lowest BCUT2D eigenvalue weighted by Crippen LogP contribution is -2.40. The van der Waals surface area contributed by atoms with Gasteiger partial charge in [-0.05, 0) is 25.9 Å². The first-order valence-electron chi connectivity index (χ1n) is 5.19. The van der Waals surface area contributed by atoms with Crippen LogP contribution in [0.4, 0.5) is 0 Å². The molecule has 0 radical (unpaired) electrons. The van der Waals surface area contributed by atoms with Gasteiger partial charge in [0.1, 0.15) is 5.94 Å². The fourth-order valence-corrected chi connectivity index (χ4v) is 2.11. The molecule has 1 fully saturated rings. The average Bonchev–Trinajstić information content (AvgIpc) is 2.24. The first-order valence-corrected chi connectivity index (χ1v) is 6.63. The monoisotopic (exact) mass is 248 g/mol. The summed E-state index contributed by atoms with van der Waals surface area (Å²) in [4.78, 5) is 9.71. The zero-order valence-electron chi connectivity index (χ0n) is 8.90. The summed E-state index contributed by atoms with van der Waals surface area (Å²) in [5, 5.41) is 6.35. The summed E-state index contributed by atoms with van der Waals surface area (Å²) >= 11 is 0. The maximum atomic E-state index is 10.7. The Morgan fingerprint density at radius 1 is 1.44 bits per heavy atom. The molecule has 1 aliphatic heterocycles. The molecular weight excluding hydrogens is 232 g/mol. The van der Waals surface area contributed by atoms with E-state index >= 15 is 0 Å². The third kappa shape index (κ3) is 4.42. The standard InChI is InChI=1S/C9H16N2O4S/c12-7-9(16(13,14)15)3-6-11-8-1-4-10-5-2-8/h8,10-11H,1-6H2,(H,13,14,15). The second kappa shape index (κ2) is 6.12. The topological polar surface area (TPSA) is 95.5 Å². The van der Waals surface area contributed by atoms with Gasteiger partial charge in [0.2, 0.25) is 0 Å². The molecule has 1 aliphatic rings. The summed E-state index contributed by atoms with van der Waals surface area (Å²) in [6, 6.07) is 0.343. The van der Waals surface area contributed by atoms with Crippen molar-refractivity contribution in [3.63, 3.8) is 0 Å². The first-order chi connectivity index (χ1) is 7.54. The van der Waals surface area contributed by atoms with E-state index in [0.29, 0.717) is 12.6 Å². The lowest BCUT2D eigenvalue weighted by atomic mass is 10.1. The highest BCUT2D eigenvalue weighted by Crippen LogP contribution is 2.06. The molecule has 6 nitrogen and oxygen atoms in total. The third-order valence-corrected chi connectivity index (χ3v) is 3.46. The fraction of sp³-hybridized carbons (Fsp3) is 0.778. The SMILES string of the molecule is O=C=C(CCNC1CCNCC1)S(=O)(=O)O. The summed E-state index contributed by atoms with van der Waals surface area (Å²) < 4.78 is 30.0. The summed E-state index contributed by atoms with van der Waals surface area (Å²) in [6.45, 7) is 2.23. The molecule has 0 aromatic rings. The highest BCUT2D eigenvalue weighted by molar-refractivity contribution is 7.90. The average molecular weight is 248 g/mol. The van der Waals surface area contributed by atoms with Crippen molar-refractivity contribution in [1.29, 1.82) is 0 Å². The van der Waals surface area contributed by atoms with Crippen LogP contribution in [0, 0.1) is 0 Å². The molecule has 0 aromatic carbocycles. The first kappa shape index (κ1) is 13.3. The smallest absolute Gasteiger partial charge is 0.301 e. The second-order valence-corrected chi connectivity index (χ2v) is 5.17. The van der Waals surface area contributed by atoms with Gasteiger partial charge in [-0.1, -0.05) is 0 Å². The number of hydrogen-bond acceptors (Lipinski definition) is 5. The van der Waals surface area contributed by atoms with Crippen molar-refractivity contribution >= 4 is 16.1 Å². The molecule has 1 heterocycles. The van der Waals surface area contributed by atoms with Crippen LogP contribution in [0.5, 0.6) is 0 Å².